The van der Waals surface area contributed by atoms with Crippen molar-refractivity contribution in [2.75, 3.05) is 6.61 Å². The molecule has 4 N–H and O–H groups in total. The van der Waals surface area contributed by atoms with Crippen LogP contribution in [0.4, 0.5) is 0 Å². The number of carboxylic acid groups (broad SMARTS) is 1. The molecule has 0 aliphatic carbocycles. The third-order valence-electron chi connectivity index (χ3n) is 3.75. The van der Waals surface area contributed by atoms with Gasteiger partial charge >= 0.3 is 5.97 Å². The SMILES string of the molecule is O=C(O)C(O)CCCCCCC(O)CCCCCCCO. The number of carbonyl (C=O) groups is 1. The van der Waals surface area contributed by atoms with Crippen LogP contribution in [0, 0.1) is 0 Å². The molecule has 0 aliphatic heterocycles. The highest BCUT2D eigenvalue weighted by atomic mass is 16.4. The van der Waals surface area contributed by atoms with Crippen LogP contribution in [-0.2, 0) is 4.79 Å². The van der Waals surface area contributed by atoms with Crippen molar-refractivity contribution in [3.63, 3.8) is 0 Å². The predicted octanol–water partition coefficient (Wildman–Crippen LogP) is 2.47. The first kappa shape index (κ1) is 20.3. The molecule has 0 amide bonds. The Kier molecular flexibility index (Phi) is 13.9. The molecule has 2 atom stereocenters. The molecule has 5 heteroatoms. The van der Waals surface area contributed by atoms with Crippen LogP contribution in [0.25, 0.3) is 0 Å². The van der Waals surface area contributed by atoms with Gasteiger partial charge < -0.3 is 20.4 Å². The molecule has 0 aliphatic rings. The van der Waals surface area contributed by atoms with Gasteiger partial charge in [-0.25, -0.2) is 4.79 Å². The second kappa shape index (κ2) is 14.3. The van der Waals surface area contributed by atoms with E-state index in [4.69, 9.17) is 15.3 Å². The first-order valence-corrected chi connectivity index (χ1v) is 8.27. The van der Waals surface area contributed by atoms with Crippen LogP contribution < -0.4 is 0 Å². The maximum absolute atomic E-state index is 10.4. The largest absolute Gasteiger partial charge is 0.479 e. The molecule has 0 spiro atoms. The lowest BCUT2D eigenvalue weighted by molar-refractivity contribution is -0.146. The van der Waals surface area contributed by atoms with Gasteiger partial charge in [-0.15, -0.1) is 0 Å². The Morgan fingerprint density at radius 1 is 0.714 bits per heavy atom. The van der Waals surface area contributed by atoms with Crippen molar-refractivity contribution in [2.24, 2.45) is 0 Å². The molecule has 0 aromatic heterocycles. The van der Waals surface area contributed by atoms with Crippen LogP contribution in [0.1, 0.15) is 77.0 Å². The minimum absolute atomic E-state index is 0.229. The van der Waals surface area contributed by atoms with Crippen LogP contribution in [0.3, 0.4) is 0 Å². The van der Waals surface area contributed by atoms with E-state index in [0.717, 1.165) is 64.2 Å². The van der Waals surface area contributed by atoms with Gasteiger partial charge in [-0.3, -0.25) is 0 Å². The zero-order valence-electron chi connectivity index (χ0n) is 13.0. The molecule has 0 heterocycles. The van der Waals surface area contributed by atoms with Crippen LogP contribution >= 0.6 is 0 Å². The molecular formula is C16H32O5. The van der Waals surface area contributed by atoms with Gasteiger partial charge in [0.25, 0.3) is 0 Å². The Bertz CT molecular complexity index is 245. The van der Waals surface area contributed by atoms with E-state index >= 15 is 0 Å². The summed E-state index contributed by atoms with van der Waals surface area (Å²) in [5.74, 6) is -1.15. The van der Waals surface area contributed by atoms with Crippen LogP contribution in [0.15, 0.2) is 0 Å². The Morgan fingerprint density at radius 3 is 1.62 bits per heavy atom. The molecule has 2 unspecified atom stereocenters. The van der Waals surface area contributed by atoms with E-state index in [0.29, 0.717) is 12.8 Å². The number of aliphatic hydroxyl groups is 3. The van der Waals surface area contributed by atoms with Gasteiger partial charge in [-0.2, -0.15) is 0 Å². The summed E-state index contributed by atoms with van der Waals surface area (Å²) in [4.78, 5) is 10.4. The molecular weight excluding hydrogens is 272 g/mol. The van der Waals surface area contributed by atoms with Crippen molar-refractivity contribution in [3.05, 3.63) is 0 Å². The lowest BCUT2D eigenvalue weighted by Gasteiger charge is -2.10. The second-order valence-electron chi connectivity index (χ2n) is 5.78. The highest BCUT2D eigenvalue weighted by molar-refractivity contribution is 5.71. The number of carboxylic acids is 1. The Labute approximate surface area is 128 Å². The number of unbranched alkanes of at least 4 members (excludes halogenated alkanes) is 7. The van der Waals surface area contributed by atoms with E-state index < -0.39 is 12.1 Å². The van der Waals surface area contributed by atoms with Gasteiger partial charge in [0.2, 0.25) is 0 Å². The van der Waals surface area contributed by atoms with E-state index in [-0.39, 0.29) is 12.7 Å². The molecule has 0 aromatic rings. The molecule has 0 saturated heterocycles. The smallest absolute Gasteiger partial charge is 0.332 e. The zero-order chi connectivity index (χ0) is 15.9. The molecule has 0 fully saturated rings. The predicted molar refractivity (Wildman–Crippen MR) is 82.1 cm³/mol. The average molecular weight is 304 g/mol. The van der Waals surface area contributed by atoms with Gasteiger partial charge in [0.15, 0.2) is 6.10 Å². The second-order valence-corrected chi connectivity index (χ2v) is 5.78. The lowest BCUT2D eigenvalue weighted by Crippen LogP contribution is -2.18. The summed E-state index contributed by atoms with van der Waals surface area (Å²) >= 11 is 0. The van der Waals surface area contributed by atoms with Crippen molar-refractivity contribution >= 4 is 5.97 Å². The van der Waals surface area contributed by atoms with Gasteiger partial charge in [0, 0.05) is 6.61 Å². The fraction of sp³-hybridized carbons (Fsp3) is 0.938. The van der Waals surface area contributed by atoms with E-state index in [1.54, 1.807) is 0 Å². The monoisotopic (exact) mass is 304 g/mol. The molecule has 0 aromatic carbocycles. The summed E-state index contributed by atoms with van der Waals surface area (Å²) in [6, 6.07) is 0. The highest BCUT2D eigenvalue weighted by Gasteiger charge is 2.11. The number of aliphatic carboxylic acids is 1. The summed E-state index contributed by atoms with van der Waals surface area (Å²) in [5.41, 5.74) is 0. The minimum Gasteiger partial charge on any atom is -0.479 e. The van der Waals surface area contributed by atoms with Crippen molar-refractivity contribution < 1.29 is 25.2 Å². The molecule has 0 radical (unpaired) electrons. The average Bonchev–Trinajstić information content (AvgIpc) is 2.45. The van der Waals surface area contributed by atoms with Gasteiger partial charge in [-0.1, -0.05) is 51.4 Å². The van der Waals surface area contributed by atoms with Crippen LogP contribution in [0.5, 0.6) is 0 Å². The molecule has 0 bridgehead atoms. The Hall–Kier alpha value is -0.650. The van der Waals surface area contributed by atoms with Gasteiger partial charge in [0.05, 0.1) is 6.10 Å². The van der Waals surface area contributed by atoms with E-state index in [1.165, 1.54) is 0 Å². The molecule has 5 nitrogen and oxygen atoms in total. The minimum atomic E-state index is -1.23. The van der Waals surface area contributed by atoms with Crippen molar-refractivity contribution in [2.45, 2.75) is 89.3 Å². The van der Waals surface area contributed by atoms with Crippen LogP contribution in [0.2, 0.25) is 0 Å². The summed E-state index contributed by atoms with van der Waals surface area (Å²) in [7, 11) is 0. The third-order valence-corrected chi connectivity index (χ3v) is 3.75. The van der Waals surface area contributed by atoms with Crippen molar-refractivity contribution in [1.29, 1.82) is 0 Å². The third kappa shape index (κ3) is 14.1. The number of aliphatic hydroxyl groups excluding tert-OH is 3. The maximum atomic E-state index is 10.4. The van der Waals surface area contributed by atoms with Gasteiger partial charge in [0.1, 0.15) is 0 Å². The molecule has 126 valence electrons. The molecule has 0 rings (SSSR count). The normalized spacial score (nSPS) is 14.0. The maximum Gasteiger partial charge on any atom is 0.332 e. The van der Waals surface area contributed by atoms with E-state index in [2.05, 4.69) is 0 Å². The van der Waals surface area contributed by atoms with Crippen molar-refractivity contribution in [1.82, 2.24) is 0 Å². The number of hydrogen-bond donors (Lipinski definition) is 4. The highest BCUT2D eigenvalue weighted by Crippen LogP contribution is 2.13. The fourth-order valence-corrected chi connectivity index (χ4v) is 2.36. The topological polar surface area (TPSA) is 98.0 Å². The number of rotatable bonds is 15. The van der Waals surface area contributed by atoms with E-state index in [1.807, 2.05) is 0 Å². The van der Waals surface area contributed by atoms with Crippen LogP contribution in [-0.4, -0.2) is 45.2 Å². The standard InChI is InChI=1S/C16H32O5/c17-13-9-5-1-2-6-10-14(18)11-7-3-4-8-12-15(19)16(20)21/h14-15,17-19H,1-13H2,(H,20,21). The first-order valence-electron chi connectivity index (χ1n) is 8.27. The fourth-order valence-electron chi connectivity index (χ4n) is 2.36. The molecule has 0 saturated carbocycles. The van der Waals surface area contributed by atoms with Crippen molar-refractivity contribution in [3.8, 4) is 0 Å². The summed E-state index contributed by atoms with van der Waals surface area (Å²) < 4.78 is 0. The first-order chi connectivity index (χ1) is 10.1. The quantitative estimate of drug-likeness (QED) is 0.348. The number of hydrogen-bond acceptors (Lipinski definition) is 4. The lowest BCUT2D eigenvalue weighted by atomic mass is 10.0. The summed E-state index contributed by atoms with van der Waals surface area (Å²) in [5, 5.41) is 36.1. The summed E-state index contributed by atoms with van der Waals surface area (Å²) in [6.45, 7) is 0.270. The molecule has 21 heavy (non-hydrogen) atoms. The Balaban J connectivity index is 3.26. The van der Waals surface area contributed by atoms with Gasteiger partial charge in [-0.05, 0) is 25.7 Å². The zero-order valence-corrected chi connectivity index (χ0v) is 13.0. The Morgan fingerprint density at radius 2 is 1.14 bits per heavy atom. The van der Waals surface area contributed by atoms with E-state index in [9.17, 15) is 9.90 Å². The summed E-state index contributed by atoms with van der Waals surface area (Å²) in [6.07, 6.45) is 9.25.